The van der Waals surface area contributed by atoms with Gasteiger partial charge in [-0.3, -0.25) is 0 Å². The number of ether oxygens (including phenoxy) is 4. The Kier molecular flexibility index (Phi) is 10.2. The van der Waals surface area contributed by atoms with E-state index in [9.17, 15) is 9.59 Å². The van der Waals surface area contributed by atoms with Crippen LogP contribution in [0.3, 0.4) is 0 Å². The van der Waals surface area contributed by atoms with Crippen molar-refractivity contribution in [2.24, 2.45) is 0 Å². The van der Waals surface area contributed by atoms with Crippen molar-refractivity contribution in [1.29, 1.82) is 0 Å². The minimum Gasteiger partial charge on any atom is -0.457 e. The van der Waals surface area contributed by atoms with E-state index in [0.717, 1.165) is 5.69 Å². The number of hydrogen-bond donors (Lipinski definition) is 3. The molecule has 1 heterocycles. The third kappa shape index (κ3) is 9.60. The monoisotopic (exact) mass is 582 g/mol. The van der Waals surface area contributed by atoms with Crippen molar-refractivity contribution in [3.63, 3.8) is 0 Å². The summed E-state index contributed by atoms with van der Waals surface area (Å²) < 4.78 is 21.0. The van der Waals surface area contributed by atoms with Gasteiger partial charge in [-0.05, 0) is 50.2 Å². The van der Waals surface area contributed by atoms with Gasteiger partial charge in [0.2, 0.25) is 31.4 Å². The number of carbonyl (C=O) groups excluding carboxylic acids is 2. The van der Waals surface area contributed by atoms with Crippen molar-refractivity contribution >= 4 is 46.8 Å². The number of para-hydroxylation sites is 1. The summed E-state index contributed by atoms with van der Waals surface area (Å²) in [5.74, 6) is 0.592. The first-order valence-corrected chi connectivity index (χ1v) is 13.0. The number of nitrogens with one attached hydrogen (secondary N) is 3. The Balaban J connectivity index is 1.51. The summed E-state index contributed by atoms with van der Waals surface area (Å²) in [6, 6.07) is 23.4. The van der Waals surface area contributed by atoms with Gasteiger partial charge in [-0.1, -0.05) is 43.5 Å². The SMILES string of the molecule is C=C(C)C(=O)OCOc1cccc(Nc2nc(Nc3ccccc3)nc(Nc3cccc(OCOC(=O)C(=C)C)c3)n2)c1. The highest BCUT2D eigenvalue weighted by atomic mass is 16.7. The van der Waals surface area contributed by atoms with Crippen LogP contribution in [-0.4, -0.2) is 40.5 Å². The summed E-state index contributed by atoms with van der Waals surface area (Å²) in [6.07, 6.45) is 0. The molecule has 0 saturated heterocycles. The predicted molar refractivity (Wildman–Crippen MR) is 162 cm³/mol. The quantitative estimate of drug-likeness (QED) is 0.0908. The first-order valence-electron chi connectivity index (χ1n) is 13.0. The van der Waals surface area contributed by atoms with E-state index in [1.807, 2.05) is 30.3 Å². The number of hydrogen-bond acceptors (Lipinski definition) is 12. The zero-order chi connectivity index (χ0) is 30.6. The number of rotatable bonds is 14. The molecule has 0 aliphatic heterocycles. The Labute approximate surface area is 248 Å². The highest BCUT2D eigenvalue weighted by molar-refractivity contribution is 5.87. The van der Waals surface area contributed by atoms with Crippen molar-refractivity contribution < 1.29 is 28.5 Å². The molecule has 0 spiro atoms. The molecule has 0 amide bonds. The summed E-state index contributed by atoms with van der Waals surface area (Å²) >= 11 is 0. The molecule has 0 bridgehead atoms. The second-order valence-electron chi connectivity index (χ2n) is 9.05. The van der Waals surface area contributed by atoms with Crippen LogP contribution in [0, 0.1) is 0 Å². The molecule has 0 saturated carbocycles. The van der Waals surface area contributed by atoms with E-state index in [4.69, 9.17) is 18.9 Å². The summed E-state index contributed by atoms with van der Waals surface area (Å²) in [6.45, 7) is 9.67. The lowest BCUT2D eigenvalue weighted by atomic mass is 10.3. The van der Waals surface area contributed by atoms with Gasteiger partial charge in [-0.2, -0.15) is 15.0 Å². The normalized spacial score (nSPS) is 10.2. The molecular formula is C31H30N6O6. The van der Waals surface area contributed by atoms with E-state index in [1.165, 1.54) is 0 Å². The van der Waals surface area contributed by atoms with Crippen LogP contribution in [0.5, 0.6) is 11.5 Å². The predicted octanol–water partition coefficient (Wildman–Crippen LogP) is 6.01. The second kappa shape index (κ2) is 14.6. The van der Waals surface area contributed by atoms with Gasteiger partial charge in [0.15, 0.2) is 0 Å². The van der Waals surface area contributed by atoms with Gasteiger partial charge in [0, 0.05) is 40.3 Å². The average Bonchev–Trinajstić information content (AvgIpc) is 2.98. The van der Waals surface area contributed by atoms with Gasteiger partial charge in [-0.15, -0.1) is 0 Å². The Morgan fingerprint density at radius 1 is 0.605 bits per heavy atom. The van der Waals surface area contributed by atoms with Gasteiger partial charge in [-0.25, -0.2) is 9.59 Å². The number of aromatic nitrogens is 3. The number of esters is 2. The van der Waals surface area contributed by atoms with Crippen molar-refractivity contribution in [2.45, 2.75) is 13.8 Å². The molecule has 0 unspecified atom stereocenters. The summed E-state index contributed by atoms with van der Waals surface area (Å²) in [7, 11) is 0. The summed E-state index contributed by atoms with van der Waals surface area (Å²) in [5.41, 5.74) is 2.57. The third-order valence-electron chi connectivity index (χ3n) is 5.37. The molecule has 43 heavy (non-hydrogen) atoms. The van der Waals surface area contributed by atoms with E-state index >= 15 is 0 Å². The van der Waals surface area contributed by atoms with Crippen LogP contribution in [0.25, 0.3) is 0 Å². The van der Waals surface area contributed by atoms with E-state index in [-0.39, 0.29) is 42.6 Å². The molecule has 0 radical (unpaired) electrons. The van der Waals surface area contributed by atoms with Crippen LogP contribution in [-0.2, 0) is 19.1 Å². The topological polar surface area (TPSA) is 146 Å². The molecule has 0 atom stereocenters. The smallest absolute Gasteiger partial charge is 0.335 e. The molecule has 4 aromatic rings. The molecule has 220 valence electrons. The molecule has 12 nitrogen and oxygen atoms in total. The largest absolute Gasteiger partial charge is 0.457 e. The summed E-state index contributed by atoms with van der Waals surface area (Å²) in [4.78, 5) is 36.7. The van der Waals surface area contributed by atoms with E-state index in [2.05, 4.69) is 44.1 Å². The van der Waals surface area contributed by atoms with Crippen LogP contribution >= 0.6 is 0 Å². The Morgan fingerprint density at radius 3 is 1.42 bits per heavy atom. The number of nitrogens with zero attached hydrogens (tertiary/aromatic N) is 3. The van der Waals surface area contributed by atoms with Crippen LogP contribution in [0.1, 0.15) is 13.8 Å². The molecular weight excluding hydrogens is 552 g/mol. The maximum atomic E-state index is 11.6. The van der Waals surface area contributed by atoms with Gasteiger partial charge < -0.3 is 34.9 Å². The highest BCUT2D eigenvalue weighted by Crippen LogP contribution is 2.25. The average molecular weight is 583 g/mol. The molecule has 1 aromatic heterocycles. The van der Waals surface area contributed by atoms with Gasteiger partial charge in [0.05, 0.1) is 0 Å². The number of carbonyl (C=O) groups is 2. The van der Waals surface area contributed by atoms with Gasteiger partial charge in [0.1, 0.15) is 11.5 Å². The zero-order valence-corrected chi connectivity index (χ0v) is 23.6. The van der Waals surface area contributed by atoms with Crippen molar-refractivity contribution in [3.05, 3.63) is 103 Å². The fourth-order valence-corrected chi connectivity index (χ4v) is 3.33. The lowest BCUT2D eigenvalue weighted by Crippen LogP contribution is -2.11. The van der Waals surface area contributed by atoms with Gasteiger partial charge >= 0.3 is 11.9 Å². The minimum absolute atomic E-state index is 0.237. The lowest BCUT2D eigenvalue weighted by Gasteiger charge is -2.13. The Hall–Kier alpha value is -5.91. The lowest BCUT2D eigenvalue weighted by molar-refractivity contribution is -0.146. The second-order valence-corrected chi connectivity index (χ2v) is 9.05. The first-order chi connectivity index (χ1) is 20.7. The Bertz CT molecular complexity index is 1520. The number of benzene rings is 3. The minimum atomic E-state index is -0.541. The van der Waals surface area contributed by atoms with Crippen molar-refractivity contribution in [3.8, 4) is 11.5 Å². The zero-order valence-electron chi connectivity index (χ0n) is 23.6. The van der Waals surface area contributed by atoms with Crippen molar-refractivity contribution in [2.75, 3.05) is 29.5 Å². The van der Waals surface area contributed by atoms with Crippen LogP contribution in [0.2, 0.25) is 0 Å². The molecule has 3 aromatic carbocycles. The van der Waals surface area contributed by atoms with Crippen LogP contribution < -0.4 is 25.4 Å². The van der Waals surface area contributed by atoms with Gasteiger partial charge in [0.25, 0.3) is 0 Å². The molecule has 12 heteroatoms. The van der Waals surface area contributed by atoms with E-state index in [0.29, 0.717) is 22.9 Å². The van der Waals surface area contributed by atoms with Crippen molar-refractivity contribution in [1.82, 2.24) is 15.0 Å². The van der Waals surface area contributed by atoms with Crippen LogP contribution in [0.4, 0.5) is 34.9 Å². The van der Waals surface area contributed by atoms with E-state index in [1.54, 1.807) is 62.4 Å². The first kappa shape index (κ1) is 30.1. The maximum Gasteiger partial charge on any atom is 0.335 e. The fourth-order valence-electron chi connectivity index (χ4n) is 3.33. The molecule has 0 aliphatic carbocycles. The maximum absolute atomic E-state index is 11.6. The molecule has 4 rings (SSSR count). The standard InChI is InChI=1S/C31H30N6O6/c1-20(2)27(38)42-18-40-25-14-8-12-23(16-25)33-30-35-29(32-22-10-6-5-7-11-22)36-31(37-30)34-24-13-9-15-26(17-24)41-19-43-28(39)21(3)4/h5-17H,1,3,18-19H2,2,4H3,(H3,32,33,34,35,36,37). The third-order valence-corrected chi connectivity index (χ3v) is 5.37. The Morgan fingerprint density at radius 2 is 1.00 bits per heavy atom. The number of anilines is 6. The molecule has 0 aliphatic rings. The van der Waals surface area contributed by atoms with E-state index < -0.39 is 11.9 Å². The molecule has 0 fully saturated rings. The summed E-state index contributed by atoms with van der Waals surface area (Å²) in [5, 5.41) is 9.47. The molecule has 3 N–H and O–H groups in total. The van der Waals surface area contributed by atoms with Crippen LogP contribution in [0.15, 0.2) is 103 Å². The highest BCUT2D eigenvalue weighted by Gasteiger charge is 2.11. The fraction of sp³-hybridized carbons (Fsp3) is 0.129.